The number of amidine groups is 1. The number of benzene rings is 1. The Morgan fingerprint density at radius 1 is 1.33 bits per heavy atom. The van der Waals surface area contributed by atoms with Gasteiger partial charge in [0.1, 0.15) is 11.9 Å². The maximum Gasteiger partial charge on any atom is 0.167 e. The van der Waals surface area contributed by atoms with Crippen LogP contribution in [0.15, 0.2) is 29.4 Å². The smallest absolute Gasteiger partial charge is 0.167 e. The molecule has 1 aliphatic rings. The number of nitrogens with zero attached hydrogens (tertiary/aromatic N) is 1. The van der Waals surface area contributed by atoms with Crippen LogP contribution in [0.1, 0.15) is 18.9 Å². The molecule has 0 aliphatic carbocycles. The highest BCUT2D eigenvalue weighted by Gasteiger charge is 2.10. The molecule has 0 saturated heterocycles. The Morgan fingerprint density at radius 2 is 2.11 bits per heavy atom. The highest BCUT2D eigenvalue weighted by atomic mass is 16.5. The number of ether oxygens (including phenoxy) is 1. The molecule has 98 valence electrons. The lowest BCUT2D eigenvalue weighted by molar-refractivity contribution is 0.313. The second kappa shape index (κ2) is 6.23. The minimum atomic E-state index is 0.118. The molecule has 0 radical (unpaired) electrons. The molecule has 0 fully saturated rings. The standard InChI is InChI=1S/C12H19N5O/c1-9-14-16-12(17-15-9)10-3-5-11(6-4-10)18-8-2-7-13/h3-6,9,14-15H,2,7-8,13H2,1H3,(H,16,17). The summed E-state index contributed by atoms with van der Waals surface area (Å²) in [5.41, 5.74) is 15.4. The van der Waals surface area contributed by atoms with Crippen molar-refractivity contribution < 1.29 is 4.74 Å². The van der Waals surface area contributed by atoms with Crippen LogP contribution >= 0.6 is 0 Å². The Labute approximate surface area is 107 Å². The monoisotopic (exact) mass is 249 g/mol. The molecule has 18 heavy (non-hydrogen) atoms. The molecule has 0 bridgehead atoms. The van der Waals surface area contributed by atoms with Crippen LogP contribution in [-0.4, -0.2) is 25.2 Å². The number of hydrogen-bond acceptors (Lipinski definition) is 6. The van der Waals surface area contributed by atoms with Gasteiger partial charge in [0.05, 0.1) is 6.61 Å². The lowest BCUT2D eigenvalue weighted by Gasteiger charge is -2.22. The predicted octanol–water partition coefficient (Wildman–Crippen LogP) is 0.119. The zero-order chi connectivity index (χ0) is 12.8. The third kappa shape index (κ3) is 3.35. The molecular formula is C12H19N5O. The fourth-order valence-corrected chi connectivity index (χ4v) is 1.52. The predicted molar refractivity (Wildman–Crippen MR) is 71.0 cm³/mol. The first-order valence-electron chi connectivity index (χ1n) is 6.07. The Kier molecular flexibility index (Phi) is 4.38. The third-order valence-corrected chi connectivity index (χ3v) is 2.52. The van der Waals surface area contributed by atoms with Gasteiger partial charge in [-0.3, -0.25) is 5.43 Å². The van der Waals surface area contributed by atoms with Crippen molar-refractivity contribution in [2.24, 2.45) is 10.8 Å². The molecule has 0 spiro atoms. The average molecular weight is 249 g/mol. The van der Waals surface area contributed by atoms with E-state index in [4.69, 9.17) is 10.5 Å². The normalized spacial score (nSPS) is 18.6. The summed E-state index contributed by atoms with van der Waals surface area (Å²) in [7, 11) is 0. The van der Waals surface area contributed by atoms with E-state index in [9.17, 15) is 0 Å². The van der Waals surface area contributed by atoms with Crippen LogP contribution in [0, 0.1) is 0 Å². The Bertz CT molecular complexity index is 403. The Morgan fingerprint density at radius 3 is 2.72 bits per heavy atom. The largest absolute Gasteiger partial charge is 0.494 e. The van der Waals surface area contributed by atoms with E-state index in [2.05, 4.69) is 21.4 Å². The van der Waals surface area contributed by atoms with Gasteiger partial charge in [-0.2, -0.15) is 5.10 Å². The van der Waals surface area contributed by atoms with Crippen molar-refractivity contribution in [2.75, 3.05) is 13.2 Å². The lowest BCUT2D eigenvalue weighted by Crippen LogP contribution is -2.53. The number of hydrogen-bond donors (Lipinski definition) is 4. The second-order valence-electron chi connectivity index (χ2n) is 4.10. The van der Waals surface area contributed by atoms with Gasteiger partial charge >= 0.3 is 0 Å². The number of nitrogens with two attached hydrogens (primary N) is 1. The summed E-state index contributed by atoms with van der Waals surface area (Å²) in [5.74, 6) is 1.61. The Hall–Kier alpha value is -1.79. The number of rotatable bonds is 5. The summed E-state index contributed by atoms with van der Waals surface area (Å²) >= 11 is 0. The van der Waals surface area contributed by atoms with Crippen molar-refractivity contribution in [2.45, 2.75) is 19.5 Å². The van der Waals surface area contributed by atoms with E-state index in [1.54, 1.807) is 0 Å². The number of hydrazone groups is 1. The van der Waals surface area contributed by atoms with Crippen molar-refractivity contribution in [3.8, 4) is 5.75 Å². The molecular weight excluding hydrogens is 230 g/mol. The second-order valence-corrected chi connectivity index (χ2v) is 4.10. The molecule has 1 aromatic rings. The van der Waals surface area contributed by atoms with Gasteiger partial charge in [0, 0.05) is 5.56 Å². The number of hydrazine groups is 1. The average Bonchev–Trinajstić information content (AvgIpc) is 2.41. The van der Waals surface area contributed by atoms with E-state index in [0.717, 1.165) is 23.6 Å². The van der Waals surface area contributed by atoms with Crippen LogP contribution in [0.2, 0.25) is 0 Å². The third-order valence-electron chi connectivity index (χ3n) is 2.52. The molecule has 5 N–H and O–H groups in total. The van der Waals surface area contributed by atoms with Crippen molar-refractivity contribution >= 4 is 5.84 Å². The molecule has 2 rings (SSSR count). The first kappa shape index (κ1) is 12.7. The van der Waals surface area contributed by atoms with Gasteiger partial charge in [-0.1, -0.05) is 0 Å². The molecule has 0 aromatic heterocycles. The van der Waals surface area contributed by atoms with E-state index in [1.807, 2.05) is 31.2 Å². The topological polar surface area (TPSA) is 83.7 Å². The fourth-order valence-electron chi connectivity index (χ4n) is 1.52. The minimum Gasteiger partial charge on any atom is -0.494 e. The zero-order valence-electron chi connectivity index (χ0n) is 10.4. The molecule has 6 nitrogen and oxygen atoms in total. The SMILES string of the molecule is CC1NN=C(c2ccc(OCCCN)cc2)NN1. The van der Waals surface area contributed by atoms with E-state index in [0.29, 0.717) is 13.2 Å². The molecule has 1 heterocycles. The summed E-state index contributed by atoms with van der Waals surface area (Å²) in [4.78, 5) is 0. The van der Waals surface area contributed by atoms with Gasteiger partial charge in [-0.15, -0.1) is 0 Å². The summed E-state index contributed by atoms with van der Waals surface area (Å²) < 4.78 is 5.53. The highest BCUT2D eigenvalue weighted by molar-refractivity contribution is 5.98. The summed E-state index contributed by atoms with van der Waals surface area (Å²) in [6, 6.07) is 7.77. The van der Waals surface area contributed by atoms with Gasteiger partial charge in [0.2, 0.25) is 0 Å². The van der Waals surface area contributed by atoms with Gasteiger partial charge < -0.3 is 15.9 Å². The molecule has 0 saturated carbocycles. The fraction of sp³-hybridized carbons (Fsp3) is 0.417. The van der Waals surface area contributed by atoms with Crippen molar-refractivity contribution in [1.29, 1.82) is 0 Å². The van der Waals surface area contributed by atoms with Gasteiger partial charge in [0.15, 0.2) is 5.84 Å². The number of nitrogens with one attached hydrogen (secondary N) is 3. The van der Waals surface area contributed by atoms with E-state index < -0.39 is 0 Å². The summed E-state index contributed by atoms with van der Waals surface area (Å²) in [5, 5.41) is 4.22. The van der Waals surface area contributed by atoms with Crippen LogP contribution in [0.25, 0.3) is 0 Å². The van der Waals surface area contributed by atoms with Crippen LogP contribution in [0.5, 0.6) is 5.75 Å². The first-order valence-corrected chi connectivity index (χ1v) is 6.07. The minimum absolute atomic E-state index is 0.118. The molecule has 1 aromatic carbocycles. The summed E-state index contributed by atoms with van der Waals surface area (Å²) in [6.07, 6.45) is 0.981. The van der Waals surface area contributed by atoms with Gasteiger partial charge in [-0.25, -0.2) is 5.43 Å². The quantitative estimate of drug-likeness (QED) is 0.557. The molecule has 0 amide bonds. The lowest BCUT2D eigenvalue weighted by atomic mass is 10.2. The van der Waals surface area contributed by atoms with Crippen molar-refractivity contribution in [3.63, 3.8) is 0 Å². The van der Waals surface area contributed by atoms with Gasteiger partial charge in [-0.05, 0) is 44.2 Å². The maximum absolute atomic E-state index is 5.53. The molecule has 1 aliphatic heterocycles. The van der Waals surface area contributed by atoms with Crippen LogP contribution < -0.4 is 26.7 Å². The van der Waals surface area contributed by atoms with E-state index in [1.165, 1.54) is 0 Å². The Balaban J connectivity index is 1.95. The van der Waals surface area contributed by atoms with Crippen LogP contribution in [0.3, 0.4) is 0 Å². The van der Waals surface area contributed by atoms with Crippen molar-refractivity contribution in [1.82, 2.24) is 16.3 Å². The van der Waals surface area contributed by atoms with Crippen LogP contribution in [-0.2, 0) is 0 Å². The maximum atomic E-state index is 5.53. The zero-order valence-corrected chi connectivity index (χ0v) is 10.4. The first-order chi connectivity index (χ1) is 8.79. The van der Waals surface area contributed by atoms with Crippen molar-refractivity contribution in [3.05, 3.63) is 29.8 Å². The van der Waals surface area contributed by atoms with E-state index in [-0.39, 0.29) is 6.17 Å². The van der Waals surface area contributed by atoms with E-state index >= 15 is 0 Å². The highest BCUT2D eigenvalue weighted by Crippen LogP contribution is 2.12. The molecule has 1 unspecified atom stereocenters. The molecule has 1 atom stereocenters. The van der Waals surface area contributed by atoms with Gasteiger partial charge in [0.25, 0.3) is 0 Å². The summed E-state index contributed by atoms with van der Waals surface area (Å²) in [6.45, 7) is 3.27. The molecule has 6 heteroatoms. The van der Waals surface area contributed by atoms with Crippen LogP contribution in [0.4, 0.5) is 0 Å².